The van der Waals surface area contributed by atoms with Crippen LogP contribution >= 0.6 is 23.2 Å². The number of nitrogens with one attached hydrogen (secondary N) is 1. The molecule has 0 radical (unpaired) electrons. The molecule has 0 saturated carbocycles. The summed E-state index contributed by atoms with van der Waals surface area (Å²) in [6.45, 7) is 1.47. The number of nitrogens with zero attached hydrogens (tertiary/aromatic N) is 2. The van der Waals surface area contributed by atoms with Gasteiger partial charge in [-0.2, -0.15) is 0 Å². The number of carbonyl (C=O) groups is 3. The molecule has 1 saturated heterocycles. The highest BCUT2D eigenvalue weighted by molar-refractivity contribution is 6.44. The van der Waals surface area contributed by atoms with Crippen LogP contribution in [-0.4, -0.2) is 54.2 Å². The van der Waals surface area contributed by atoms with Crippen LogP contribution in [0, 0.1) is 0 Å². The van der Waals surface area contributed by atoms with Crippen LogP contribution < -0.4 is 5.32 Å². The normalized spacial score (nSPS) is 14.8. The predicted octanol–water partition coefficient (Wildman–Crippen LogP) is 1.23. The van der Waals surface area contributed by atoms with Crippen molar-refractivity contribution < 1.29 is 14.4 Å². The molecule has 1 aromatic rings. The third kappa shape index (κ3) is 3.65. The Balaban J connectivity index is 2.00. The van der Waals surface area contributed by atoms with Crippen LogP contribution in [0.5, 0.6) is 0 Å². The minimum atomic E-state index is -0.801. The van der Waals surface area contributed by atoms with Crippen LogP contribution in [0.4, 0.5) is 5.69 Å². The van der Waals surface area contributed by atoms with Gasteiger partial charge in [0.15, 0.2) is 0 Å². The highest BCUT2D eigenvalue weighted by Crippen LogP contribution is 2.29. The average Bonchev–Trinajstić information content (AvgIpc) is 2.50. The van der Waals surface area contributed by atoms with Gasteiger partial charge in [-0.25, -0.2) is 0 Å². The molecule has 21 heavy (non-hydrogen) atoms. The first-order chi connectivity index (χ1) is 10.0. The Morgan fingerprint density at radius 2 is 1.67 bits per heavy atom. The fourth-order valence-corrected chi connectivity index (χ4v) is 2.45. The molecule has 1 fully saturated rings. The van der Waals surface area contributed by atoms with E-state index in [0.29, 0.717) is 26.2 Å². The highest BCUT2D eigenvalue weighted by atomic mass is 35.5. The summed E-state index contributed by atoms with van der Waals surface area (Å²) in [4.78, 5) is 37.5. The standard InChI is InChI=1S/C13H13Cl2N3O3/c14-9-2-1-3-10(15)11(9)16-12(20)13(21)18-6-4-17(8-19)5-7-18/h1-3,8H,4-7H2,(H,16,20). The molecule has 2 rings (SSSR count). The number of halogens is 2. The van der Waals surface area contributed by atoms with E-state index in [0.717, 1.165) is 6.41 Å². The van der Waals surface area contributed by atoms with Gasteiger partial charge < -0.3 is 15.1 Å². The maximum absolute atomic E-state index is 12.0. The summed E-state index contributed by atoms with van der Waals surface area (Å²) < 4.78 is 0. The molecule has 112 valence electrons. The van der Waals surface area contributed by atoms with Crippen molar-refractivity contribution in [1.29, 1.82) is 0 Å². The topological polar surface area (TPSA) is 69.7 Å². The van der Waals surface area contributed by atoms with Gasteiger partial charge in [0.25, 0.3) is 0 Å². The number of hydrogen-bond donors (Lipinski definition) is 1. The Kier molecular flexibility index (Phi) is 5.03. The molecular weight excluding hydrogens is 317 g/mol. The molecule has 1 aliphatic heterocycles. The Morgan fingerprint density at radius 3 is 2.19 bits per heavy atom. The quantitative estimate of drug-likeness (QED) is 0.655. The van der Waals surface area contributed by atoms with Crippen molar-refractivity contribution in [2.24, 2.45) is 0 Å². The van der Waals surface area contributed by atoms with Gasteiger partial charge in [0, 0.05) is 26.2 Å². The molecule has 1 N–H and O–H groups in total. The number of para-hydroxylation sites is 1. The Hall–Kier alpha value is -1.79. The zero-order chi connectivity index (χ0) is 15.4. The second-order valence-electron chi connectivity index (χ2n) is 4.48. The number of anilines is 1. The molecule has 0 aliphatic carbocycles. The number of benzene rings is 1. The second kappa shape index (κ2) is 6.78. The smallest absolute Gasteiger partial charge is 0.313 e. The van der Waals surface area contributed by atoms with E-state index in [1.165, 1.54) is 4.90 Å². The van der Waals surface area contributed by atoms with E-state index in [2.05, 4.69) is 5.32 Å². The fraction of sp³-hybridized carbons (Fsp3) is 0.308. The van der Waals surface area contributed by atoms with Gasteiger partial charge in [0.05, 0.1) is 15.7 Å². The summed E-state index contributed by atoms with van der Waals surface area (Å²) in [7, 11) is 0. The minimum absolute atomic E-state index is 0.214. The van der Waals surface area contributed by atoms with Crippen LogP contribution in [0.1, 0.15) is 0 Å². The van der Waals surface area contributed by atoms with Gasteiger partial charge >= 0.3 is 11.8 Å². The summed E-state index contributed by atoms with van der Waals surface area (Å²) in [5.41, 5.74) is 0.214. The lowest BCUT2D eigenvalue weighted by Gasteiger charge is -2.32. The Bertz CT molecular complexity index is 552. The molecule has 0 unspecified atom stereocenters. The highest BCUT2D eigenvalue weighted by Gasteiger charge is 2.26. The number of hydrogen-bond acceptors (Lipinski definition) is 3. The van der Waals surface area contributed by atoms with E-state index in [4.69, 9.17) is 23.2 Å². The van der Waals surface area contributed by atoms with Crippen molar-refractivity contribution in [3.8, 4) is 0 Å². The van der Waals surface area contributed by atoms with Crippen LogP contribution in [0.3, 0.4) is 0 Å². The first-order valence-electron chi connectivity index (χ1n) is 6.26. The van der Waals surface area contributed by atoms with Crippen LogP contribution in [0.2, 0.25) is 10.0 Å². The molecule has 1 aliphatic rings. The van der Waals surface area contributed by atoms with E-state index in [1.807, 2.05) is 0 Å². The van der Waals surface area contributed by atoms with Gasteiger partial charge in [-0.15, -0.1) is 0 Å². The summed E-state index contributed by atoms with van der Waals surface area (Å²) in [6, 6.07) is 4.77. The van der Waals surface area contributed by atoms with Gasteiger partial charge in [-0.05, 0) is 12.1 Å². The van der Waals surface area contributed by atoms with Crippen molar-refractivity contribution in [3.05, 3.63) is 28.2 Å². The van der Waals surface area contributed by atoms with Crippen molar-refractivity contribution in [1.82, 2.24) is 9.80 Å². The molecule has 0 aromatic heterocycles. The largest absolute Gasteiger partial charge is 0.342 e. The van der Waals surface area contributed by atoms with Gasteiger partial charge in [-0.3, -0.25) is 14.4 Å². The summed E-state index contributed by atoms with van der Waals surface area (Å²) in [5.74, 6) is -1.47. The minimum Gasteiger partial charge on any atom is -0.342 e. The second-order valence-corrected chi connectivity index (χ2v) is 5.30. The molecule has 6 nitrogen and oxygen atoms in total. The van der Waals surface area contributed by atoms with E-state index < -0.39 is 11.8 Å². The molecule has 3 amide bonds. The monoisotopic (exact) mass is 329 g/mol. The van der Waals surface area contributed by atoms with Crippen molar-refractivity contribution in [2.45, 2.75) is 0 Å². The van der Waals surface area contributed by atoms with E-state index >= 15 is 0 Å². The number of amides is 3. The first kappa shape index (κ1) is 15.6. The third-order valence-corrected chi connectivity index (χ3v) is 3.78. The lowest BCUT2D eigenvalue weighted by molar-refractivity contribution is -0.144. The lowest BCUT2D eigenvalue weighted by Crippen LogP contribution is -2.51. The van der Waals surface area contributed by atoms with Gasteiger partial charge in [-0.1, -0.05) is 29.3 Å². The first-order valence-corrected chi connectivity index (χ1v) is 7.02. The Labute approximate surface area is 131 Å². The zero-order valence-corrected chi connectivity index (χ0v) is 12.5. The van der Waals surface area contributed by atoms with Crippen molar-refractivity contribution in [3.63, 3.8) is 0 Å². The van der Waals surface area contributed by atoms with Crippen LogP contribution in [0.15, 0.2) is 18.2 Å². The average molecular weight is 330 g/mol. The molecule has 0 bridgehead atoms. The summed E-state index contributed by atoms with van der Waals surface area (Å²) in [6.07, 6.45) is 0.728. The number of rotatable bonds is 2. The molecule has 8 heteroatoms. The maximum Gasteiger partial charge on any atom is 0.313 e. The molecule has 1 heterocycles. The van der Waals surface area contributed by atoms with Crippen molar-refractivity contribution >= 4 is 47.1 Å². The van der Waals surface area contributed by atoms with Gasteiger partial charge in [0.1, 0.15) is 0 Å². The molecular formula is C13H13Cl2N3O3. The lowest BCUT2D eigenvalue weighted by atomic mass is 10.3. The van der Waals surface area contributed by atoms with E-state index in [-0.39, 0.29) is 15.7 Å². The SMILES string of the molecule is O=CN1CCN(C(=O)C(=O)Nc2c(Cl)cccc2Cl)CC1. The van der Waals surface area contributed by atoms with Gasteiger partial charge in [0.2, 0.25) is 6.41 Å². The summed E-state index contributed by atoms with van der Waals surface area (Å²) >= 11 is 11.9. The molecule has 0 spiro atoms. The zero-order valence-electron chi connectivity index (χ0n) is 11.0. The fourth-order valence-electron chi connectivity index (χ4n) is 1.96. The molecule has 0 atom stereocenters. The molecule has 1 aromatic carbocycles. The van der Waals surface area contributed by atoms with E-state index in [9.17, 15) is 14.4 Å². The maximum atomic E-state index is 12.0. The number of carbonyl (C=O) groups excluding carboxylic acids is 3. The van der Waals surface area contributed by atoms with Crippen LogP contribution in [-0.2, 0) is 14.4 Å². The van der Waals surface area contributed by atoms with Crippen molar-refractivity contribution in [2.75, 3.05) is 31.5 Å². The summed E-state index contributed by atoms with van der Waals surface area (Å²) in [5, 5.41) is 2.94. The number of piperazine rings is 1. The Morgan fingerprint density at radius 1 is 1.10 bits per heavy atom. The van der Waals surface area contributed by atoms with Crippen LogP contribution in [0.25, 0.3) is 0 Å². The third-order valence-electron chi connectivity index (χ3n) is 3.15. The predicted molar refractivity (Wildman–Crippen MR) is 79.3 cm³/mol. The van der Waals surface area contributed by atoms with E-state index in [1.54, 1.807) is 23.1 Å².